The van der Waals surface area contributed by atoms with Gasteiger partial charge in [0.15, 0.2) is 0 Å². The molecular formula is C12H10Cl2N4O2. The Kier molecular flexibility index (Phi) is 4.36. The SMILES string of the molecule is CN(Cc1cccc(Cl)c1Cl)c1ncc([N+](=O)[O-])cn1. The van der Waals surface area contributed by atoms with Gasteiger partial charge in [0.2, 0.25) is 5.95 Å². The molecule has 0 N–H and O–H groups in total. The molecule has 1 aromatic heterocycles. The number of anilines is 1. The van der Waals surface area contributed by atoms with Crippen LogP contribution in [0, 0.1) is 10.1 Å². The molecule has 2 aromatic rings. The molecule has 0 aliphatic heterocycles. The van der Waals surface area contributed by atoms with E-state index in [0.717, 1.165) is 5.56 Å². The lowest BCUT2D eigenvalue weighted by atomic mass is 10.2. The number of nitro groups is 1. The Morgan fingerprint density at radius 3 is 2.55 bits per heavy atom. The van der Waals surface area contributed by atoms with Crippen molar-refractivity contribution in [2.45, 2.75) is 6.54 Å². The van der Waals surface area contributed by atoms with Crippen LogP contribution in [-0.4, -0.2) is 21.9 Å². The first-order valence-corrected chi connectivity index (χ1v) is 6.35. The first kappa shape index (κ1) is 14.5. The maximum absolute atomic E-state index is 10.5. The van der Waals surface area contributed by atoms with Crippen molar-refractivity contribution in [3.05, 3.63) is 56.3 Å². The summed E-state index contributed by atoms with van der Waals surface area (Å²) in [7, 11) is 1.76. The predicted octanol–water partition coefficient (Wildman–Crippen LogP) is 3.33. The summed E-state index contributed by atoms with van der Waals surface area (Å²) in [4.78, 5) is 19.6. The summed E-state index contributed by atoms with van der Waals surface area (Å²) in [5.74, 6) is 0.367. The minimum Gasteiger partial charge on any atom is -0.339 e. The van der Waals surface area contributed by atoms with Crippen LogP contribution in [0.4, 0.5) is 11.6 Å². The summed E-state index contributed by atoms with van der Waals surface area (Å²) in [5.41, 5.74) is 0.673. The second-order valence-corrected chi connectivity index (χ2v) is 4.85. The van der Waals surface area contributed by atoms with E-state index >= 15 is 0 Å². The topological polar surface area (TPSA) is 72.2 Å². The summed E-state index contributed by atoms with van der Waals surface area (Å²) < 4.78 is 0. The lowest BCUT2D eigenvalue weighted by Gasteiger charge is -2.17. The summed E-state index contributed by atoms with van der Waals surface area (Å²) in [6.45, 7) is 0.442. The van der Waals surface area contributed by atoms with Crippen LogP contribution in [-0.2, 0) is 6.54 Å². The van der Waals surface area contributed by atoms with Crippen LogP contribution in [0.5, 0.6) is 0 Å². The van der Waals surface area contributed by atoms with Gasteiger partial charge in [-0.2, -0.15) is 0 Å². The highest BCUT2D eigenvalue weighted by atomic mass is 35.5. The van der Waals surface area contributed by atoms with E-state index < -0.39 is 4.92 Å². The van der Waals surface area contributed by atoms with E-state index in [-0.39, 0.29) is 5.69 Å². The summed E-state index contributed by atoms with van der Waals surface area (Å²) >= 11 is 12.0. The van der Waals surface area contributed by atoms with Crippen molar-refractivity contribution in [3.63, 3.8) is 0 Å². The quantitative estimate of drug-likeness (QED) is 0.639. The lowest BCUT2D eigenvalue weighted by molar-refractivity contribution is -0.385. The minimum absolute atomic E-state index is 0.150. The zero-order valence-electron chi connectivity index (χ0n) is 10.5. The van der Waals surface area contributed by atoms with Crippen molar-refractivity contribution in [3.8, 4) is 0 Å². The summed E-state index contributed by atoms with van der Waals surface area (Å²) in [6, 6.07) is 5.35. The second kappa shape index (κ2) is 6.02. The Bertz CT molecular complexity index is 634. The van der Waals surface area contributed by atoms with Crippen LogP contribution in [0.25, 0.3) is 0 Å². The summed E-state index contributed by atoms with van der Waals surface area (Å²) in [5, 5.41) is 11.5. The molecule has 0 atom stereocenters. The molecule has 0 saturated heterocycles. The van der Waals surface area contributed by atoms with Crippen LogP contribution in [0.15, 0.2) is 30.6 Å². The van der Waals surface area contributed by atoms with E-state index in [1.165, 1.54) is 12.4 Å². The Hall–Kier alpha value is -1.92. The molecule has 0 unspecified atom stereocenters. The number of halogens is 2. The molecule has 1 heterocycles. The third kappa shape index (κ3) is 3.15. The monoisotopic (exact) mass is 312 g/mol. The molecule has 0 aliphatic rings. The first-order valence-electron chi connectivity index (χ1n) is 5.59. The van der Waals surface area contributed by atoms with Crippen molar-refractivity contribution < 1.29 is 4.92 Å². The molecule has 20 heavy (non-hydrogen) atoms. The number of nitrogens with zero attached hydrogens (tertiary/aromatic N) is 4. The van der Waals surface area contributed by atoms with Crippen molar-refractivity contribution in [1.82, 2.24) is 9.97 Å². The number of benzene rings is 1. The highest BCUT2D eigenvalue weighted by molar-refractivity contribution is 6.42. The van der Waals surface area contributed by atoms with E-state index in [1.807, 2.05) is 6.07 Å². The van der Waals surface area contributed by atoms with Gasteiger partial charge in [-0.3, -0.25) is 10.1 Å². The molecule has 6 nitrogen and oxygen atoms in total. The van der Waals surface area contributed by atoms with Gasteiger partial charge in [0.1, 0.15) is 12.4 Å². The van der Waals surface area contributed by atoms with Crippen molar-refractivity contribution in [2.75, 3.05) is 11.9 Å². The summed E-state index contributed by atoms with van der Waals surface area (Å²) in [6.07, 6.45) is 2.33. The molecule has 0 saturated carbocycles. The Morgan fingerprint density at radius 2 is 1.95 bits per heavy atom. The molecule has 0 spiro atoms. The third-order valence-electron chi connectivity index (χ3n) is 2.62. The molecule has 2 rings (SSSR count). The van der Waals surface area contributed by atoms with Crippen LogP contribution < -0.4 is 4.90 Å². The van der Waals surface area contributed by atoms with Crippen molar-refractivity contribution >= 4 is 34.8 Å². The van der Waals surface area contributed by atoms with Gasteiger partial charge in [-0.15, -0.1) is 0 Å². The normalized spacial score (nSPS) is 10.3. The van der Waals surface area contributed by atoms with E-state index in [4.69, 9.17) is 23.2 Å². The highest BCUT2D eigenvalue weighted by Gasteiger charge is 2.12. The Balaban J connectivity index is 2.17. The maximum Gasteiger partial charge on any atom is 0.305 e. The molecular weight excluding hydrogens is 303 g/mol. The fraction of sp³-hybridized carbons (Fsp3) is 0.167. The fourth-order valence-corrected chi connectivity index (χ4v) is 1.98. The number of rotatable bonds is 4. The fourth-order valence-electron chi connectivity index (χ4n) is 1.60. The van der Waals surface area contributed by atoms with Crippen molar-refractivity contribution in [1.29, 1.82) is 0 Å². The van der Waals surface area contributed by atoms with Gasteiger partial charge in [0, 0.05) is 13.6 Å². The second-order valence-electron chi connectivity index (χ2n) is 4.07. The maximum atomic E-state index is 10.5. The highest BCUT2D eigenvalue weighted by Crippen LogP contribution is 2.26. The Labute approximate surface area is 125 Å². The Morgan fingerprint density at radius 1 is 1.30 bits per heavy atom. The third-order valence-corrected chi connectivity index (χ3v) is 3.47. The predicted molar refractivity (Wildman–Crippen MR) is 77.3 cm³/mol. The van der Waals surface area contributed by atoms with E-state index in [2.05, 4.69) is 9.97 Å². The minimum atomic E-state index is -0.544. The van der Waals surface area contributed by atoms with Crippen LogP contribution in [0.3, 0.4) is 0 Å². The average molecular weight is 313 g/mol. The number of hydrogen-bond donors (Lipinski definition) is 0. The van der Waals surface area contributed by atoms with Gasteiger partial charge >= 0.3 is 5.69 Å². The molecule has 1 aromatic carbocycles. The largest absolute Gasteiger partial charge is 0.339 e. The molecule has 0 fully saturated rings. The number of aromatic nitrogens is 2. The van der Waals surface area contributed by atoms with E-state index in [9.17, 15) is 10.1 Å². The van der Waals surface area contributed by atoms with Gasteiger partial charge in [-0.25, -0.2) is 9.97 Å². The first-order chi connectivity index (χ1) is 9.49. The molecule has 0 bridgehead atoms. The molecule has 8 heteroatoms. The molecule has 0 amide bonds. The van der Waals surface area contributed by atoms with Crippen LogP contribution in [0.2, 0.25) is 10.0 Å². The number of hydrogen-bond acceptors (Lipinski definition) is 5. The van der Waals surface area contributed by atoms with E-state index in [0.29, 0.717) is 22.5 Å². The van der Waals surface area contributed by atoms with Crippen LogP contribution in [0.1, 0.15) is 5.56 Å². The van der Waals surface area contributed by atoms with Gasteiger partial charge in [0.25, 0.3) is 0 Å². The zero-order chi connectivity index (χ0) is 14.7. The van der Waals surface area contributed by atoms with Crippen molar-refractivity contribution in [2.24, 2.45) is 0 Å². The standard InChI is InChI=1S/C12H10Cl2N4O2/c1-17(7-8-3-2-4-10(13)11(8)14)12-15-5-9(6-16-12)18(19)20/h2-6H,7H2,1H3. The van der Waals surface area contributed by atoms with E-state index in [1.54, 1.807) is 24.1 Å². The van der Waals surface area contributed by atoms with Gasteiger partial charge in [-0.05, 0) is 11.6 Å². The molecule has 0 aliphatic carbocycles. The van der Waals surface area contributed by atoms with Gasteiger partial charge < -0.3 is 4.90 Å². The zero-order valence-corrected chi connectivity index (χ0v) is 12.0. The van der Waals surface area contributed by atoms with Crippen LogP contribution >= 0.6 is 23.2 Å². The lowest BCUT2D eigenvalue weighted by Crippen LogP contribution is -2.19. The van der Waals surface area contributed by atoms with Gasteiger partial charge in [-0.1, -0.05) is 35.3 Å². The molecule has 0 radical (unpaired) electrons. The average Bonchev–Trinajstić information content (AvgIpc) is 2.44. The molecule has 104 valence electrons. The smallest absolute Gasteiger partial charge is 0.305 e. The van der Waals surface area contributed by atoms with Gasteiger partial charge in [0.05, 0.1) is 15.0 Å².